The minimum atomic E-state index is -0.480. The van der Waals surface area contributed by atoms with Crippen molar-refractivity contribution in [3.63, 3.8) is 0 Å². The molecule has 6 nitrogen and oxygen atoms in total. The average Bonchev–Trinajstić information content (AvgIpc) is 3.19. The Morgan fingerprint density at radius 2 is 2.12 bits per heavy atom. The van der Waals surface area contributed by atoms with Gasteiger partial charge in [-0.15, -0.1) is 0 Å². The predicted octanol–water partition coefficient (Wildman–Crippen LogP) is 3.22. The normalized spacial score (nSPS) is 11.7. The molecule has 0 fully saturated rings. The van der Waals surface area contributed by atoms with Crippen molar-refractivity contribution in [3.8, 4) is 0 Å². The third kappa shape index (κ3) is 3.40. The average molecular weight is 327 g/mol. The minimum absolute atomic E-state index is 0.0964. The molecule has 2 heterocycles. The number of aromatic nitrogens is 3. The molecule has 0 unspecified atom stereocenters. The number of nitrogens with one attached hydrogen (secondary N) is 1. The Kier molecular flexibility index (Phi) is 4.24. The second kappa shape index (κ2) is 6.49. The van der Waals surface area contributed by atoms with Crippen LogP contribution in [0, 0.1) is 12.7 Å². The van der Waals surface area contributed by atoms with Gasteiger partial charge >= 0.3 is 0 Å². The maximum Gasteiger partial charge on any atom is 0.225 e. The number of carbonyl (C=O) groups excluding carboxylic acids is 1. The van der Waals surface area contributed by atoms with Gasteiger partial charge in [0.25, 0.3) is 0 Å². The van der Waals surface area contributed by atoms with Gasteiger partial charge in [0.1, 0.15) is 17.9 Å². The minimum Gasteiger partial charge on any atom is -0.504 e. The van der Waals surface area contributed by atoms with E-state index < -0.39 is 5.78 Å². The number of halogens is 1. The lowest BCUT2D eigenvalue weighted by molar-refractivity contribution is 0.101. The largest absolute Gasteiger partial charge is 0.504 e. The fraction of sp³-hybridized carbons (Fsp3) is 0.118. The number of nitrogens with zero attached hydrogens (tertiary/aromatic N) is 2. The number of aliphatic hydroxyl groups is 1. The van der Waals surface area contributed by atoms with Crippen LogP contribution in [-0.2, 0) is 6.42 Å². The van der Waals surface area contributed by atoms with E-state index in [-0.39, 0.29) is 23.2 Å². The zero-order valence-corrected chi connectivity index (χ0v) is 12.8. The molecule has 24 heavy (non-hydrogen) atoms. The smallest absolute Gasteiger partial charge is 0.225 e. The summed E-state index contributed by atoms with van der Waals surface area (Å²) in [7, 11) is 0. The number of hydrogen-bond acceptors (Lipinski definition) is 5. The summed E-state index contributed by atoms with van der Waals surface area (Å²) in [5.74, 6) is -0.300. The fourth-order valence-corrected chi connectivity index (χ4v) is 2.27. The van der Waals surface area contributed by atoms with Gasteiger partial charge in [-0.25, -0.2) is 9.37 Å². The third-order valence-electron chi connectivity index (χ3n) is 3.41. The molecule has 0 aliphatic carbocycles. The Hall–Kier alpha value is -3.22. The van der Waals surface area contributed by atoms with E-state index in [0.717, 1.165) is 11.6 Å². The van der Waals surface area contributed by atoms with Gasteiger partial charge in [0, 0.05) is 12.5 Å². The van der Waals surface area contributed by atoms with Crippen molar-refractivity contribution in [1.82, 2.24) is 15.2 Å². The van der Waals surface area contributed by atoms with Crippen molar-refractivity contribution >= 4 is 11.5 Å². The summed E-state index contributed by atoms with van der Waals surface area (Å²) in [6, 6.07) is 7.80. The van der Waals surface area contributed by atoms with Crippen LogP contribution >= 0.6 is 0 Å². The highest BCUT2D eigenvalue weighted by atomic mass is 19.1. The standard InChI is InChI=1S/C17H14FN3O3/c1-10-6-13(7-11-2-4-12(18)5-3-11)24-16(10)14(22)8-15(23)17-19-9-20-21-17/h2-6,8-9,23H,7H2,1H3,(H,19,20,21)/b15-8+. The van der Waals surface area contributed by atoms with E-state index in [1.807, 2.05) is 0 Å². The Morgan fingerprint density at radius 1 is 1.38 bits per heavy atom. The highest BCUT2D eigenvalue weighted by Gasteiger charge is 2.16. The molecule has 0 spiro atoms. The molecule has 7 heteroatoms. The summed E-state index contributed by atoms with van der Waals surface area (Å²) >= 11 is 0. The zero-order valence-electron chi connectivity index (χ0n) is 12.8. The van der Waals surface area contributed by atoms with Crippen LogP contribution < -0.4 is 0 Å². The molecule has 0 aliphatic heterocycles. The summed E-state index contributed by atoms with van der Waals surface area (Å²) in [5, 5.41) is 15.9. The van der Waals surface area contributed by atoms with E-state index in [4.69, 9.17) is 4.42 Å². The van der Waals surface area contributed by atoms with Crippen molar-refractivity contribution in [2.24, 2.45) is 0 Å². The van der Waals surface area contributed by atoms with E-state index in [1.54, 1.807) is 25.1 Å². The van der Waals surface area contributed by atoms with Gasteiger partial charge in [0.05, 0.1) is 0 Å². The number of H-pyrrole nitrogens is 1. The zero-order chi connectivity index (χ0) is 17.1. The van der Waals surface area contributed by atoms with Crippen molar-refractivity contribution in [3.05, 3.63) is 77.0 Å². The number of carbonyl (C=O) groups is 1. The lowest BCUT2D eigenvalue weighted by Crippen LogP contribution is -1.98. The number of furan rings is 1. The molecule has 3 aromatic rings. The number of aromatic amines is 1. The maximum atomic E-state index is 12.9. The van der Waals surface area contributed by atoms with Gasteiger partial charge in [0.2, 0.25) is 5.78 Å². The number of hydrogen-bond donors (Lipinski definition) is 2. The first-order chi connectivity index (χ1) is 11.5. The van der Waals surface area contributed by atoms with Crippen LogP contribution in [0.15, 0.2) is 47.2 Å². The first-order valence-corrected chi connectivity index (χ1v) is 7.17. The number of aliphatic hydroxyl groups excluding tert-OH is 1. The first kappa shape index (κ1) is 15.7. The second-order valence-electron chi connectivity index (χ2n) is 5.26. The van der Waals surface area contributed by atoms with E-state index in [9.17, 15) is 14.3 Å². The Bertz CT molecular complexity index is 880. The molecule has 0 saturated heterocycles. The van der Waals surface area contributed by atoms with Gasteiger partial charge in [0.15, 0.2) is 17.3 Å². The number of aryl methyl sites for hydroxylation is 1. The molecule has 0 atom stereocenters. The van der Waals surface area contributed by atoms with Crippen LogP contribution in [0.4, 0.5) is 4.39 Å². The number of benzene rings is 1. The van der Waals surface area contributed by atoms with Crippen LogP contribution in [0.25, 0.3) is 5.76 Å². The topological polar surface area (TPSA) is 92.0 Å². The molecule has 122 valence electrons. The molecule has 0 radical (unpaired) electrons. The van der Waals surface area contributed by atoms with Gasteiger partial charge in [-0.1, -0.05) is 12.1 Å². The molecule has 2 N–H and O–H groups in total. The maximum absolute atomic E-state index is 12.9. The van der Waals surface area contributed by atoms with Gasteiger partial charge in [-0.05, 0) is 36.2 Å². The summed E-state index contributed by atoms with van der Waals surface area (Å²) in [5.41, 5.74) is 1.52. The van der Waals surface area contributed by atoms with Crippen molar-refractivity contribution in [2.45, 2.75) is 13.3 Å². The van der Waals surface area contributed by atoms with E-state index in [2.05, 4.69) is 15.2 Å². The van der Waals surface area contributed by atoms with Crippen molar-refractivity contribution in [1.29, 1.82) is 0 Å². The molecule has 0 saturated carbocycles. The van der Waals surface area contributed by atoms with Crippen LogP contribution in [0.1, 0.15) is 33.3 Å². The molecular formula is C17H14FN3O3. The Morgan fingerprint density at radius 3 is 2.79 bits per heavy atom. The summed E-state index contributed by atoms with van der Waals surface area (Å²) in [4.78, 5) is 16.0. The van der Waals surface area contributed by atoms with Crippen LogP contribution in [0.2, 0.25) is 0 Å². The van der Waals surface area contributed by atoms with Crippen molar-refractivity contribution in [2.75, 3.05) is 0 Å². The molecule has 1 aromatic carbocycles. The van der Waals surface area contributed by atoms with Gasteiger partial charge < -0.3 is 9.52 Å². The summed E-state index contributed by atoms with van der Waals surface area (Å²) < 4.78 is 18.5. The first-order valence-electron chi connectivity index (χ1n) is 7.17. The summed E-state index contributed by atoms with van der Waals surface area (Å²) in [6.45, 7) is 1.74. The third-order valence-corrected chi connectivity index (χ3v) is 3.41. The Balaban J connectivity index is 1.79. The highest BCUT2D eigenvalue weighted by Crippen LogP contribution is 2.20. The number of rotatable bonds is 5. The van der Waals surface area contributed by atoms with Gasteiger partial charge in [-0.3, -0.25) is 9.89 Å². The molecule has 0 amide bonds. The SMILES string of the molecule is Cc1cc(Cc2ccc(F)cc2)oc1C(=O)/C=C(/O)c1ncn[nH]1. The molecule has 3 rings (SSSR count). The van der Waals surface area contributed by atoms with E-state index >= 15 is 0 Å². The second-order valence-corrected chi connectivity index (χ2v) is 5.26. The lowest BCUT2D eigenvalue weighted by atomic mass is 10.1. The van der Waals surface area contributed by atoms with Crippen LogP contribution in [0.5, 0.6) is 0 Å². The molecule has 2 aromatic heterocycles. The molecule has 0 aliphatic rings. The predicted molar refractivity (Wildman–Crippen MR) is 84.0 cm³/mol. The van der Waals surface area contributed by atoms with Crippen molar-refractivity contribution < 1.29 is 18.7 Å². The fourth-order valence-electron chi connectivity index (χ4n) is 2.27. The van der Waals surface area contributed by atoms with Crippen LogP contribution in [0.3, 0.4) is 0 Å². The van der Waals surface area contributed by atoms with Gasteiger partial charge in [-0.2, -0.15) is 5.10 Å². The quantitative estimate of drug-likeness (QED) is 0.426. The monoisotopic (exact) mass is 327 g/mol. The van der Waals surface area contributed by atoms with E-state index in [0.29, 0.717) is 17.7 Å². The summed E-state index contributed by atoms with van der Waals surface area (Å²) in [6.07, 6.45) is 2.68. The number of ketones is 1. The number of allylic oxidation sites excluding steroid dienone is 1. The van der Waals surface area contributed by atoms with Crippen LogP contribution in [-0.4, -0.2) is 26.1 Å². The van der Waals surface area contributed by atoms with E-state index in [1.165, 1.54) is 18.5 Å². The highest BCUT2D eigenvalue weighted by molar-refractivity contribution is 6.06. The lowest BCUT2D eigenvalue weighted by Gasteiger charge is -1.98. The molecular weight excluding hydrogens is 313 g/mol. The molecule has 0 bridgehead atoms. The Labute approximate surface area is 136 Å².